The fourth-order valence-corrected chi connectivity index (χ4v) is 4.22. The Morgan fingerprint density at radius 2 is 1.31 bits per heavy atom. The van der Waals surface area contributed by atoms with Gasteiger partial charge in [-0.05, 0) is 24.9 Å². The van der Waals surface area contributed by atoms with Crippen LogP contribution >= 0.6 is 0 Å². The molecule has 39 heavy (non-hydrogen) atoms. The Balaban J connectivity index is 0.000000584. The van der Waals surface area contributed by atoms with Gasteiger partial charge in [0.2, 0.25) is 5.91 Å². The summed E-state index contributed by atoms with van der Waals surface area (Å²) in [5.74, 6) is 1.28. The minimum atomic E-state index is -0.926. The molecule has 0 aliphatic carbocycles. The first-order valence-electron chi connectivity index (χ1n) is 14.8. The number of hydrogen-bond acceptors (Lipinski definition) is 9. The molecule has 3 aliphatic heterocycles. The van der Waals surface area contributed by atoms with Crippen LogP contribution in [0, 0.1) is 17.8 Å². The normalized spacial score (nSPS) is 20.6. The van der Waals surface area contributed by atoms with Gasteiger partial charge in [0.1, 0.15) is 0 Å². The summed E-state index contributed by atoms with van der Waals surface area (Å²) in [6.45, 7) is 22.7. The third-order valence-electron chi connectivity index (χ3n) is 7.35. The second kappa shape index (κ2) is 20.9. The molecule has 3 heterocycles. The highest BCUT2D eigenvalue weighted by molar-refractivity contribution is 5.77. The van der Waals surface area contributed by atoms with Crippen molar-refractivity contribution in [2.75, 3.05) is 98.5 Å². The topological polar surface area (TPSA) is 158 Å². The summed E-state index contributed by atoms with van der Waals surface area (Å²) in [5.41, 5.74) is -0.926. The van der Waals surface area contributed by atoms with E-state index in [0.29, 0.717) is 18.4 Å². The van der Waals surface area contributed by atoms with Crippen molar-refractivity contribution in [2.45, 2.75) is 59.5 Å². The number of nitrogens with zero attached hydrogens (tertiary/aromatic N) is 2. The van der Waals surface area contributed by atoms with E-state index in [0.717, 1.165) is 19.5 Å². The van der Waals surface area contributed by atoms with Crippen molar-refractivity contribution in [3.63, 3.8) is 0 Å². The first-order valence-corrected chi connectivity index (χ1v) is 14.8. The molecule has 0 aromatic carbocycles. The lowest BCUT2D eigenvalue weighted by Crippen LogP contribution is -2.67. The van der Waals surface area contributed by atoms with Crippen LogP contribution in [0.2, 0.25) is 0 Å². The summed E-state index contributed by atoms with van der Waals surface area (Å²) in [5, 5.41) is 52.9. The molecule has 3 aliphatic rings. The van der Waals surface area contributed by atoms with Crippen LogP contribution in [0.1, 0.15) is 48.0 Å². The van der Waals surface area contributed by atoms with Crippen molar-refractivity contribution in [3.05, 3.63) is 0 Å². The maximum absolute atomic E-state index is 11.4. The zero-order valence-electron chi connectivity index (χ0n) is 25.7. The van der Waals surface area contributed by atoms with Gasteiger partial charge in [0, 0.05) is 38.5 Å². The zero-order valence-corrected chi connectivity index (χ0v) is 25.7. The second-order valence-corrected chi connectivity index (χ2v) is 12.3. The number of fused-ring (bicyclic) bond motifs is 3. The standard InChI is InChI=1S/C13H25N3O.C8H19NO3.C7H17NO2/c1-12(2)13(17)14-4-3-8-16-9-5-15(6-10-16)7-11-16;1-7(2)3-9-8(4-10,5-11)6-12;1-6(2)3-8-7(4-9)5-10/h12H,3-11H2,1-2H3;7,9-12H,3-6H2,1-2H3;6-10H,3-5H2,1-2H3/p+1. The van der Waals surface area contributed by atoms with Crippen molar-refractivity contribution >= 4 is 5.91 Å². The molecule has 0 spiro atoms. The number of aliphatic hydroxyl groups excluding tert-OH is 5. The number of hydrogen-bond donors (Lipinski definition) is 8. The smallest absolute Gasteiger partial charge is 0.222 e. The van der Waals surface area contributed by atoms with Crippen LogP contribution in [0.25, 0.3) is 0 Å². The number of aliphatic hydroxyl groups is 5. The van der Waals surface area contributed by atoms with E-state index < -0.39 is 5.54 Å². The van der Waals surface area contributed by atoms with Crippen molar-refractivity contribution in [1.82, 2.24) is 20.9 Å². The van der Waals surface area contributed by atoms with Crippen molar-refractivity contribution in [3.8, 4) is 0 Å². The number of amides is 1. The molecule has 0 saturated carbocycles. The van der Waals surface area contributed by atoms with Gasteiger partial charge in [0.15, 0.2) is 0 Å². The molecule has 8 N–H and O–H groups in total. The lowest BCUT2D eigenvalue weighted by Gasteiger charge is -2.50. The Bertz CT molecular complexity index is 585. The molecular weight excluding hydrogens is 502 g/mol. The van der Waals surface area contributed by atoms with Crippen LogP contribution in [-0.4, -0.2) is 151 Å². The van der Waals surface area contributed by atoms with E-state index in [-0.39, 0.29) is 50.9 Å². The quantitative estimate of drug-likeness (QED) is 0.0854. The zero-order chi connectivity index (χ0) is 29.9. The molecule has 3 rings (SSSR count). The monoisotopic (exact) mass is 564 g/mol. The summed E-state index contributed by atoms with van der Waals surface area (Å²) >= 11 is 0. The molecular formula is C28H62N5O6+. The van der Waals surface area contributed by atoms with E-state index in [9.17, 15) is 4.79 Å². The van der Waals surface area contributed by atoms with E-state index in [1.54, 1.807) is 0 Å². The third kappa shape index (κ3) is 16.2. The fourth-order valence-electron chi connectivity index (χ4n) is 4.22. The predicted molar refractivity (Wildman–Crippen MR) is 156 cm³/mol. The minimum Gasteiger partial charge on any atom is -0.395 e. The number of quaternary nitrogens is 1. The van der Waals surface area contributed by atoms with Gasteiger partial charge in [0.25, 0.3) is 0 Å². The Labute approximate surface area is 237 Å². The molecule has 0 radical (unpaired) electrons. The largest absolute Gasteiger partial charge is 0.395 e. The molecule has 234 valence electrons. The van der Waals surface area contributed by atoms with Gasteiger partial charge < -0.3 is 46.0 Å². The second-order valence-electron chi connectivity index (χ2n) is 12.3. The predicted octanol–water partition coefficient (Wildman–Crippen LogP) is -1.17. The maximum Gasteiger partial charge on any atom is 0.222 e. The molecule has 11 nitrogen and oxygen atoms in total. The summed E-state index contributed by atoms with van der Waals surface area (Å²) in [7, 11) is 0. The van der Waals surface area contributed by atoms with Gasteiger partial charge in [-0.3, -0.25) is 9.69 Å². The number of carbonyl (C=O) groups is 1. The number of carbonyl (C=O) groups excluding carboxylic acids is 1. The summed E-state index contributed by atoms with van der Waals surface area (Å²) < 4.78 is 1.30. The molecule has 0 atom stereocenters. The van der Waals surface area contributed by atoms with Crippen molar-refractivity contribution in [1.29, 1.82) is 0 Å². The first kappa shape index (κ1) is 38.1. The molecule has 3 fully saturated rings. The Kier molecular flexibility index (Phi) is 20.4. The average molecular weight is 565 g/mol. The van der Waals surface area contributed by atoms with Crippen LogP contribution in [0.15, 0.2) is 0 Å². The third-order valence-corrected chi connectivity index (χ3v) is 7.35. The van der Waals surface area contributed by atoms with Crippen molar-refractivity contribution in [2.24, 2.45) is 17.8 Å². The highest BCUT2D eigenvalue weighted by Gasteiger charge is 2.37. The van der Waals surface area contributed by atoms with Crippen LogP contribution < -0.4 is 16.0 Å². The van der Waals surface area contributed by atoms with E-state index in [1.165, 1.54) is 50.3 Å². The van der Waals surface area contributed by atoms with Gasteiger partial charge in [-0.25, -0.2) is 0 Å². The average Bonchev–Trinajstić information content (AvgIpc) is 2.94. The summed E-state index contributed by atoms with van der Waals surface area (Å²) in [6.07, 6.45) is 1.12. The van der Waals surface area contributed by atoms with Gasteiger partial charge in [-0.1, -0.05) is 41.5 Å². The number of piperazine rings is 3. The van der Waals surface area contributed by atoms with Gasteiger partial charge >= 0.3 is 0 Å². The van der Waals surface area contributed by atoms with Crippen LogP contribution in [0.4, 0.5) is 0 Å². The molecule has 2 bridgehead atoms. The molecule has 11 heteroatoms. The number of rotatable bonds is 16. The molecule has 0 unspecified atom stereocenters. The Morgan fingerprint density at radius 1 is 0.821 bits per heavy atom. The molecule has 1 amide bonds. The summed E-state index contributed by atoms with van der Waals surface area (Å²) in [6, 6.07) is -0.151. The minimum absolute atomic E-state index is 0.00319. The molecule has 0 aromatic heterocycles. The Hall–Kier alpha value is -0.890. The highest BCUT2D eigenvalue weighted by atomic mass is 16.3. The van der Waals surface area contributed by atoms with E-state index in [1.807, 2.05) is 27.7 Å². The molecule has 3 saturated heterocycles. The van der Waals surface area contributed by atoms with Crippen LogP contribution in [0.3, 0.4) is 0 Å². The van der Waals surface area contributed by atoms with E-state index >= 15 is 0 Å². The summed E-state index contributed by atoms with van der Waals surface area (Å²) in [4.78, 5) is 14.0. The first-order chi connectivity index (χ1) is 18.4. The number of nitrogens with one attached hydrogen (secondary N) is 3. The fraction of sp³-hybridized carbons (Fsp3) is 0.964. The molecule has 0 aromatic rings. The van der Waals surface area contributed by atoms with E-state index in [4.69, 9.17) is 25.5 Å². The lowest BCUT2D eigenvalue weighted by molar-refractivity contribution is -0.941. The SMILES string of the molecule is CC(C)C(=O)NCCC[N+]12CCN(CC1)CC2.CC(C)CNC(CO)(CO)CO.CC(C)CNC(CO)CO. The highest BCUT2D eigenvalue weighted by Crippen LogP contribution is 2.19. The van der Waals surface area contributed by atoms with Crippen molar-refractivity contribution < 1.29 is 34.8 Å². The van der Waals surface area contributed by atoms with Crippen LogP contribution in [-0.2, 0) is 4.79 Å². The maximum atomic E-state index is 11.4. The van der Waals surface area contributed by atoms with Crippen LogP contribution in [0.5, 0.6) is 0 Å². The van der Waals surface area contributed by atoms with Gasteiger partial charge in [0.05, 0.1) is 70.8 Å². The van der Waals surface area contributed by atoms with Gasteiger partial charge in [-0.15, -0.1) is 0 Å². The van der Waals surface area contributed by atoms with E-state index in [2.05, 4.69) is 34.7 Å². The Morgan fingerprint density at radius 3 is 1.69 bits per heavy atom. The lowest BCUT2D eigenvalue weighted by atomic mass is 10.0. The van der Waals surface area contributed by atoms with Gasteiger partial charge in [-0.2, -0.15) is 0 Å².